The Morgan fingerprint density at radius 2 is 0.931 bits per heavy atom. The number of amides is 2. The van der Waals surface area contributed by atoms with Gasteiger partial charge in [-0.3, -0.25) is 29.4 Å². The van der Waals surface area contributed by atoms with Crippen LogP contribution < -0.4 is 0 Å². The third-order valence-corrected chi connectivity index (χ3v) is 12.0. The number of hydrogen-bond donors (Lipinski definition) is 0. The normalized spacial score (nSPS) is 20.6. The number of pyridine rings is 2. The molecule has 0 bridgehead atoms. The molecule has 2 unspecified atom stereocenters. The van der Waals surface area contributed by atoms with Crippen LogP contribution in [0.15, 0.2) is 109 Å². The van der Waals surface area contributed by atoms with Crippen LogP contribution >= 0.6 is 0 Å². The summed E-state index contributed by atoms with van der Waals surface area (Å²) < 4.78 is 12.3. The van der Waals surface area contributed by atoms with Crippen LogP contribution in [0.5, 0.6) is 0 Å². The number of carbonyl (C=O) groups is 4. The summed E-state index contributed by atoms with van der Waals surface area (Å²) in [5, 5.41) is 0. The van der Waals surface area contributed by atoms with E-state index in [1.165, 1.54) is 12.2 Å². The van der Waals surface area contributed by atoms with Crippen molar-refractivity contribution in [1.82, 2.24) is 29.6 Å². The van der Waals surface area contributed by atoms with Crippen LogP contribution in [0, 0.1) is 11.8 Å². The molecule has 12 heteroatoms. The van der Waals surface area contributed by atoms with Gasteiger partial charge in [0.05, 0.1) is 0 Å². The van der Waals surface area contributed by atoms with Crippen LogP contribution in [-0.2, 0) is 31.9 Å². The lowest BCUT2D eigenvalue weighted by molar-refractivity contribution is -0.159. The van der Waals surface area contributed by atoms with Gasteiger partial charge in [0.2, 0.25) is 0 Å². The maximum Gasteiger partial charge on any atom is 0.332 e. The van der Waals surface area contributed by atoms with E-state index in [2.05, 4.69) is 31.9 Å². The number of aromatic nitrogens is 2. The largest absolute Gasteiger partial charge is 0.439 e. The van der Waals surface area contributed by atoms with Gasteiger partial charge >= 0.3 is 11.9 Å². The molecule has 0 aliphatic carbocycles. The zero-order valence-corrected chi connectivity index (χ0v) is 32.7. The van der Waals surface area contributed by atoms with Crippen molar-refractivity contribution in [2.75, 3.05) is 52.4 Å². The minimum Gasteiger partial charge on any atom is -0.439 e. The molecule has 0 radical (unpaired) electrons. The highest BCUT2D eigenvalue weighted by Gasteiger charge is 2.35. The van der Waals surface area contributed by atoms with E-state index in [-0.39, 0.29) is 11.8 Å². The molecule has 0 spiro atoms. The highest BCUT2D eigenvalue weighted by molar-refractivity contribution is 5.93. The van der Waals surface area contributed by atoms with Crippen molar-refractivity contribution in [3.05, 3.63) is 143 Å². The number of hydrogen-bond acceptors (Lipinski definition) is 10. The smallest absolute Gasteiger partial charge is 0.332 e. The molecule has 300 valence electrons. The predicted octanol–water partition coefficient (Wildman–Crippen LogP) is 5.64. The Hall–Kier alpha value is -5.72. The fraction of sp³-hybridized carbons (Fsp3) is 0.391. The summed E-state index contributed by atoms with van der Waals surface area (Å²) >= 11 is 0. The number of ether oxygens (including phenoxy) is 2. The summed E-state index contributed by atoms with van der Waals surface area (Å²) in [5.74, 6) is -0.674. The van der Waals surface area contributed by atoms with Crippen molar-refractivity contribution in [1.29, 1.82) is 0 Å². The zero-order valence-electron chi connectivity index (χ0n) is 32.7. The second-order valence-electron chi connectivity index (χ2n) is 15.7. The first-order valence-corrected chi connectivity index (χ1v) is 20.5. The van der Waals surface area contributed by atoms with E-state index in [9.17, 15) is 19.2 Å². The molecule has 4 aromatic rings. The zero-order chi connectivity index (χ0) is 39.8. The quantitative estimate of drug-likeness (QED) is 0.148. The number of benzene rings is 2. The molecule has 4 aliphatic heterocycles. The minimum atomic E-state index is -0.618. The van der Waals surface area contributed by atoms with Crippen molar-refractivity contribution >= 4 is 23.8 Å². The Bertz CT molecular complexity index is 1950. The van der Waals surface area contributed by atoms with E-state index in [4.69, 9.17) is 9.47 Å². The standard InChI is InChI=1S/C46H50N6O6/c53-41(57-45-37-11-3-1-9-35(37)21-29-51(45)31-33-17-25-49(26-18-33)43(55)39-13-5-7-23-47-39)15-16-42(54)58-46-38-12-4-2-10-36(38)22-30-52(46)32-34-19-27-50(28-20-34)44(56)40-14-6-8-24-48-40/h1-16,23-24,33-34,45-46H,17-22,25-32H2/b16-15+. The minimum absolute atomic E-state index is 0.0456. The van der Waals surface area contributed by atoms with Crippen molar-refractivity contribution in [3.8, 4) is 0 Å². The predicted molar refractivity (Wildman–Crippen MR) is 216 cm³/mol. The van der Waals surface area contributed by atoms with Gasteiger partial charge in [0.1, 0.15) is 11.4 Å². The van der Waals surface area contributed by atoms with Gasteiger partial charge in [-0.1, -0.05) is 60.7 Å². The monoisotopic (exact) mass is 782 g/mol. The topological polar surface area (TPSA) is 125 Å². The second-order valence-corrected chi connectivity index (χ2v) is 15.7. The summed E-state index contributed by atoms with van der Waals surface area (Å²) in [7, 11) is 0. The van der Waals surface area contributed by atoms with Crippen molar-refractivity contribution in [3.63, 3.8) is 0 Å². The first-order valence-electron chi connectivity index (χ1n) is 20.5. The third kappa shape index (κ3) is 9.19. The van der Waals surface area contributed by atoms with Gasteiger partial charge in [-0.25, -0.2) is 9.59 Å². The van der Waals surface area contributed by atoms with Crippen molar-refractivity contribution < 1.29 is 28.7 Å². The summed E-state index contributed by atoms with van der Waals surface area (Å²) in [4.78, 5) is 69.5. The molecule has 0 saturated carbocycles. The van der Waals surface area contributed by atoms with Crippen molar-refractivity contribution in [2.45, 2.75) is 51.0 Å². The molecule has 8 rings (SSSR count). The highest BCUT2D eigenvalue weighted by Crippen LogP contribution is 2.35. The summed E-state index contributed by atoms with van der Waals surface area (Å²) in [6.45, 7) is 5.49. The van der Waals surface area contributed by atoms with Crippen molar-refractivity contribution in [2.24, 2.45) is 11.8 Å². The van der Waals surface area contributed by atoms with Gasteiger partial charge in [-0.15, -0.1) is 0 Å². The third-order valence-electron chi connectivity index (χ3n) is 12.0. The Labute approximate surface area is 339 Å². The number of likely N-dealkylation sites (tertiary alicyclic amines) is 2. The fourth-order valence-electron chi connectivity index (χ4n) is 8.85. The van der Waals surface area contributed by atoms with Gasteiger partial charge in [-0.2, -0.15) is 0 Å². The van der Waals surface area contributed by atoms with E-state index < -0.39 is 24.4 Å². The number of esters is 2. The number of fused-ring (bicyclic) bond motifs is 2. The molecule has 2 aromatic carbocycles. The number of carbonyl (C=O) groups excluding carboxylic acids is 4. The van der Waals surface area contributed by atoms with Gasteiger partial charge in [0, 0.05) is 88.0 Å². The molecule has 4 aliphatic rings. The SMILES string of the molecule is O=C(/C=C/C(=O)OC1c2ccccc2CCN1CC1CCN(C(=O)c2ccccn2)CC1)OC1c2ccccc2CCN1CC1CCN(C(=O)c2ccccn2)CC1. The molecule has 2 amide bonds. The Balaban J connectivity index is 0.882. The van der Waals surface area contributed by atoms with Crippen LogP contribution in [0.3, 0.4) is 0 Å². The number of nitrogens with zero attached hydrogens (tertiary/aromatic N) is 6. The van der Waals surface area contributed by atoms with Crippen LogP contribution in [0.1, 0.15) is 81.4 Å². The lowest BCUT2D eigenvalue weighted by Gasteiger charge is -2.40. The molecular weight excluding hydrogens is 733 g/mol. The summed E-state index contributed by atoms with van der Waals surface area (Å²) in [5.41, 5.74) is 5.09. The van der Waals surface area contributed by atoms with Crippen LogP contribution in [0.25, 0.3) is 0 Å². The first kappa shape index (κ1) is 39.1. The van der Waals surface area contributed by atoms with E-state index in [0.29, 0.717) is 49.4 Å². The maximum atomic E-state index is 13.5. The molecule has 0 N–H and O–H groups in total. The molecule has 6 heterocycles. The fourth-order valence-corrected chi connectivity index (χ4v) is 8.85. The molecule has 2 saturated heterocycles. The number of piperidine rings is 2. The molecule has 2 fully saturated rings. The van der Waals surface area contributed by atoms with Gasteiger partial charge in [-0.05, 0) is 85.8 Å². The van der Waals surface area contributed by atoms with Gasteiger partial charge in [0.25, 0.3) is 11.8 Å². The van der Waals surface area contributed by atoms with Crippen LogP contribution in [0.4, 0.5) is 0 Å². The summed E-state index contributed by atoms with van der Waals surface area (Å²) in [6, 6.07) is 26.8. The molecule has 2 aromatic heterocycles. The second kappa shape index (κ2) is 18.3. The average Bonchev–Trinajstić information content (AvgIpc) is 3.28. The Morgan fingerprint density at radius 1 is 0.534 bits per heavy atom. The lowest BCUT2D eigenvalue weighted by atomic mass is 9.93. The van der Waals surface area contributed by atoms with Crippen LogP contribution in [0.2, 0.25) is 0 Å². The first-order chi connectivity index (χ1) is 28.4. The highest BCUT2D eigenvalue weighted by atomic mass is 16.6. The maximum absolute atomic E-state index is 13.5. The molecule has 12 nitrogen and oxygen atoms in total. The van der Waals surface area contributed by atoms with Crippen LogP contribution in [-0.4, -0.2) is 106 Å². The molecular formula is C46H50N6O6. The number of rotatable bonds is 10. The Kier molecular flexibility index (Phi) is 12.3. The van der Waals surface area contributed by atoms with E-state index >= 15 is 0 Å². The average molecular weight is 783 g/mol. The summed E-state index contributed by atoms with van der Waals surface area (Å²) in [6.07, 6.45) is 9.48. The van der Waals surface area contributed by atoms with E-state index in [1.807, 2.05) is 58.3 Å². The van der Waals surface area contributed by atoms with Gasteiger partial charge in [0.15, 0.2) is 12.5 Å². The lowest BCUT2D eigenvalue weighted by Crippen LogP contribution is -2.45. The Morgan fingerprint density at radius 3 is 1.33 bits per heavy atom. The van der Waals surface area contributed by atoms with Gasteiger partial charge < -0.3 is 19.3 Å². The molecule has 2 atom stereocenters. The molecule has 58 heavy (non-hydrogen) atoms. The van der Waals surface area contributed by atoms with E-state index in [1.54, 1.807) is 36.7 Å². The van der Waals surface area contributed by atoms with E-state index in [0.717, 1.165) is 87.0 Å².